The monoisotopic (exact) mass is 230 g/mol. The van der Waals surface area contributed by atoms with E-state index >= 15 is 0 Å². The van der Waals surface area contributed by atoms with E-state index in [-0.39, 0.29) is 0 Å². The molecular formula is C15H22N2. The third kappa shape index (κ3) is 4.06. The van der Waals surface area contributed by atoms with Crippen molar-refractivity contribution in [1.29, 1.82) is 0 Å². The van der Waals surface area contributed by atoms with Gasteiger partial charge in [0.2, 0.25) is 0 Å². The van der Waals surface area contributed by atoms with E-state index in [0.717, 1.165) is 12.1 Å². The molecule has 0 radical (unpaired) electrons. The van der Waals surface area contributed by atoms with Gasteiger partial charge in [-0.3, -0.25) is 5.10 Å². The van der Waals surface area contributed by atoms with E-state index in [2.05, 4.69) is 35.3 Å². The molecule has 1 heterocycles. The van der Waals surface area contributed by atoms with Crippen molar-refractivity contribution in [3.63, 3.8) is 0 Å². The van der Waals surface area contributed by atoms with Gasteiger partial charge in [0.15, 0.2) is 0 Å². The van der Waals surface area contributed by atoms with Crippen LogP contribution in [0.5, 0.6) is 0 Å². The fourth-order valence-electron chi connectivity index (χ4n) is 1.61. The van der Waals surface area contributed by atoms with Gasteiger partial charge in [0, 0.05) is 11.3 Å². The predicted octanol–water partition coefficient (Wildman–Crippen LogP) is 4.45. The molecule has 92 valence electrons. The highest BCUT2D eigenvalue weighted by atomic mass is 15.1. The van der Waals surface area contributed by atoms with Crippen molar-refractivity contribution < 1.29 is 0 Å². The summed E-state index contributed by atoms with van der Waals surface area (Å²) in [6.07, 6.45) is 3.53. The maximum Gasteiger partial charge on any atom is 0.0923 e. The van der Waals surface area contributed by atoms with E-state index in [1.165, 1.54) is 24.1 Å². The number of unbranched alkanes of at least 4 members (excludes halogenated alkanes) is 1. The number of hydrogen-bond acceptors (Lipinski definition) is 1. The lowest BCUT2D eigenvalue weighted by atomic mass is 10.1. The number of H-pyrrole nitrogens is 1. The topological polar surface area (TPSA) is 28.7 Å². The standard InChI is InChI=1S/C13H16N2.C2H6/c1-2-3-9-12-10-13(15-14-12)11-7-5-4-6-8-11;1-2/h4-8,10H,2-3,9H2,1H3,(H,14,15);1-2H3. The molecule has 1 aromatic carbocycles. The second-order valence-electron chi connectivity index (χ2n) is 3.75. The van der Waals surface area contributed by atoms with Crippen molar-refractivity contribution >= 4 is 0 Å². The van der Waals surface area contributed by atoms with E-state index in [0.29, 0.717) is 0 Å². The zero-order valence-electron chi connectivity index (χ0n) is 11.0. The van der Waals surface area contributed by atoms with Gasteiger partial charge < -0.3 is 0 Å². The summed E-state index contributed by atoms with van der Waals surface area (Å²) in [5.41, 5.74) is 3.45. The van der Waals surface area contributed by atoms with Gasteiger partial charge in [-0.2, -0.15) is 5.10 Å². The zero-order chi connectivity index (χ0) is 12.5. The Bertz CT molecular complexity index is 404. The molecule has 0 saturated heterocycles. The maximum absolute atomic E-state index is 4.31. The zero-order valence-corrected chi connectivity index (χ0v) is 11.0. The van der Waals surface area contributed by atoms with Crippen LogP contribution in [0.3, 0.4) is 0 Å². The molecule has 2 nitrogen and oxygen atoms in total. The molecule has 1 N–H and O–H groups in total. The van der Waals surface area contributed by atoms with Crippen LogP contribution in [0.4, 0.5) is 0 Å². The van der Waals surface area contributed by atoms with E-state index in [1.54, 1.807) is 0 Å². The molecule has 0 bridgehead atoms. The van der Waals surface area contributed by atoms with Gasteiger partial charge in [-0.1, -0.05) is 57.5 Å². The summed E-state index contributed by atoms with van der Waals surface area (Å²) in [4.78, 5) is 0. The Labute approximate surface area is 104 Å². The van der Waals surface area contributed by atoms with Crippen molar-refractivity contribution in [1.82, 2.24) is 10.2 Å². The highest BCUT2D eigenvalue weighted by Crippen LogP contribution is 2.17. The molecule has 2 rings (SSSR count). The normalized spacial score (nSPS) is 9.59. The molecule has 0 aliphatic heterocycles. The van der Waals surface area contributed by atoms with Gasteiger partial charge in [-0.25, -0.2) is 0 Å². The smallest absolute Gasteiger partial charge is 0.0923 e. The van der Waals surface area contributed by atoms with Gasteiger partial charge in [0.05, 0.1) is 5.69 Å². The molecule has 0 aliphatic carbocycles. The summed E-state index contributed by atoms with van der Waals surface area (Å²) >= 11 is 0. The van der Waals surface area contributed by atoms with Crippen LogP contribution in [0, 0.1) is 0 Å². The molecule has 0 saturated carbocycles. The van der Waals surface area contributed by atoms with Crippen molar-refractivity contribution in [3.05, 3.63) is 42.1 Å². The first-order valence-corrected chi connectivity index (χ1v) is 6.50. The van der Waals surface area contributed by atoms with Crippen LogP contribution in [0.25, 0.3) is 11.3 Å². The molecule has 1 aromatic heterocycles. The van der Waals surface area contributed by atoms with E-state index in [1.807, 2.05) is 32.0 Å². The minimum Gasteiger partial charge on any atom is -0.282 e. The van der Waals surface area contributed by atoms with Gasteiger partial charge in [0.1, 0.15) is 0 Å². The third-order valence-corrected chi connectivity index (χ3v) is 2.50. The van der Waals surface area contributed by atoms with E-state index in [9.17, 15) is 0 Å². The molecule has 2 heteroatoms. The second-order valence-corrected chi connectivity index (χ2v) is 3.75. The molecule has 2 aromatic rings. The number of nitrogens with one attached hydrogen (secondary N) is 1. The Morgan fingerprint density at radius 2 is 1.82 bits per heavy atom. The Balaban J connectivity index is 0.000000686. The number of aromatic nitrogens is 2. The fourth-order valence-corrected chi connectivity index (χ4v) is 1.61. The SMILES string of the molecule is CC.CCCCc1cc(-c2ccccc2)n[nH]1. The van der Waals surface area contributed by atoms with Crippen LogP contribution in [-0.2, 0) is 6.42 Å². The average Bonchev–Trinajstić information content (AvgIpc) is 2.88. The summed E-state index contributed by atoms with van der Waals surface area (Å²) in [6, 6.07) is 12.4. The predicted molar refractivity (Wildman–Crippen MR) is 74.0 cm³/mol. The van der Waals surface area contributed by atoms with Crippen LogP contribution in [0.2, 0.25) is 0 Å². The minimum absolute atomic E-state index is 1.04. The first kappa shape index (κ1) is 13.5. The van der Waals surface area contributed by atoms with Crippen molar-refractivity contribution in [3.8, 4) is 11.3 Å². The van der Waals surface area contributed by atoms with Crippen LogP contribution in [0.15, 0.2) is 36.4 Å². The third-order valence-electron chi connectivity index (χ3n) is 2.50. The van der Waals surface area contributed by atoms with Crippen molar-refractivity contribution in [2.75, 3.05) is 0 Å². The van der Waals surface area contributed by atoms with Crippen LogP contribution >= 0.6 is 0 Å². The molecule has 17 heavy (non-hydrogen) atoms. The number of hydrogen-bond donors (Lipinski definition) is 1. The first-order chi connectivity index (χ1) is 8.40. The number of aromatic amines is 1. The van der Waals surface area contributed by atoms with Crippen LogP contribution in [-0.4, -0.2) is 10.2 Å². The largest absolute Gasteiger partial charge is 0.282 e. The Morgan fingerprint density at radius 1 is 1.12 bits per heavy atom. The summed E-state index contributed by atoms with van der Waals surface area (Å²) < 4.78 is 0. The summed E-state index contributed by atoms with van der Waals surface area (Å²) in [7, 11) is 0. The van der Waals surface area contributed by atoms with Gasteiger partial charge in [0.25, 0.3) is 0 Å². The lowest BCUT2D eigenvalue weighted by Gasteiger charge is -1.93. The lowest BCUT2D eigenvalue weighted by Crippen LogP contribution is -1.83. The fraction of sp³-hybridized carbons (Fsp3) is 0.400. The number of benzene rings is 1. The molecule has 0 spiro atoms. The second kappa shape index (κ2) is 7.66. The van der Waals surface area contributed by atoms with Crippen molar-refractivity contribution in [2.24, 2.45) is 0 Å². The number of nitrogens with zero attached hydrogens (tertiary/aromatic N) is 1. The van der Waals surface area contributed by atoms with E-state index in [4.69, 9.17) is 0 Å². The van der Waals surface area contributed by atoms with Gasteiger partial charge in [-0.05, 0) is 18.9 Å². The van der Waals surface area contributed by atoms with Crippen molar-refractivity contribution in [2.45, 2.75) is 40.0 Å². The Morgan fingerprint density at radius 3 is 2.47 bits per heavy atom. The van der Waals surface area contributed by atoms with Crippen LogP contribution in [0.1, 0.15) is 39.3 Å². The lowest BCUT2D eigenvalue weighted by molar-refractivity contribution is 0.772. The molecule has 0 atom stereocenters. The molecule has 0 aliphatic rings. The molecule has 0 fully saturated rings. The van der Waals surface area contributed by atoms with E-state index < -0.39 is 0 Å². The first-order valence-electron chi connectivity index (χ1n) is 6.50. The highest BCUT2D eigenvalue weighted by Gasteiger charge is 2.02. The average molecular weight is 230 g/mol. The summed E-state index contributed by atoms with van der Waals surface area (Å²) in [5, 5.41) is 7.40. The maximum atomic E-state index is 4.31. The molecular weight excluding hydrogens is 208 g/mol. The Hall–Kier alpha value is -1.57. The number of aryl methyl sites for hydroxylation is 1. The van der Waals surface area contributed by atoms with Crippen LogP contribution < -0.4 is 0 Å². The molecule has 0 unspecified atom stereocenters. The Kier molecular flexibility index (Phi) is 6.08. The quantitative estimate of drug-likeness (QED) is 0.826. The molecule has 0 amide bonds. The minimum atomic E-state index is 1.04. The summed E-state index contributed by atoms with van der Waals surface area (Å²) in [5.74, 6) is 0. The highest BCUT2D eigenvalue weighted by molar-refractivity contribution is 5.58. The van der Waals surface area contributed by atoms with Gasteiger partial charge >= 0.3 is 0 Å². The number of rotatable bonds is 4. The van der Waals surface area contributed by atoms with Gasteiger partial charge in [-0.15, -0.1) is 0 Å². The summed E-state index contributed by atoms with van der Waals surface area (Å²) in [6.45, 7) is 6.20.